The summed E-state index contributed by atoms with van der Waals surface area (Å²) in [4.78, 5) is 14.1. The highest BCUT2D eigenvalue weighted by Crippen LogP contribution is 2.31. The van der Waals surface area contributed by atoms with E-state index >= 15 is 0 Å². The van der Waals surface area contributed by atoms with Gasteiger partial charge in [-0.25, -0.2) is 4.39 Å². The van der Waals surface area contributed by atoms with Gasteiger partial charge in [0.2, 0.25) is 0 Å². The average molecular weight is 291 g/mol. The molecule has 0 fully saturated rings. The molecule has 2 N–H and O–H groups in total. The van der Waals surface area contributed by atoms with Crippen LogP contribution in [0.15, 0.2) is 36.4 Å². The number of nitrogens with zero attached hydrogens (tertiary/aromatic N) is 1. The summed E-state index contributed by atoms with van der Waals surface area (Å²) in [5, 5.41) is 0.342. The first-order chi connectivity index (χ1) is 9.56. The van der Waals surface area contributed by atoms with Crippen molar-refractivity contribution in [2.24, 2.45) is 0 Å². The molecule has 0 radical (unpaired) electrons. The van der Waals surface area contributed by atoms with Gasteiger partial charge in [0, 0.05) is 12.2 Å². The standard InChI is InChI=1S/C15H12ClFN2O/c16-13-4-3-11(18)8-12(13)15(20)19-6-5-9-1-2-10(17)7-14(9)19/h1-4,7-8H,5-6,18H2. The van der Waals surface area contributed by atoms with Crippen LogP contribution in [0.25, 0.3) is 0 Å². The summed E-state index contributed by atoms with van der Waals surface area (Å²) >= 11 is 6.05. The van der Waals surface area contributed by atoms with Crippen molar-refractivity contribution in [1.82, 2.24) is 0 Å². The van der Waals surface area contributed by atoms with Crippen LogP contribution in [0.1, 0.15) is 15.9 Å². The maximum absolute atomic E-state index is 13.4. The monoisotopic (exact) mass is 290 g/mol. The Bertz CT molecular complexity index is 702. The van der Waals surface area contributed by atoms with Crippen LogP contribution in [0.4, 0.5) is 15.8 Å². The summed E-state index contributed by atoms with van der Waals surface area (Å²) in [6.45, 7) is 0.517. The van der Waals surface area contributed by atoms with Gasteiger partial charge in [0.05, 0.1) is 16.3 Å². The largest absolute Gasteiger partial charge is 0.399 e. The maximum Gasteiger partial charge on any atom is 0.259 e. The molecular weight excluding hydrogens is 279 g/mol. The lowest BCUT2D eigenvalue weighted by molar-refractivity contribution is 0.0989. The third-order valence-corrected chi connectivity index (χ3v) is 3.74. The Hall–Kier alpha value is -2.07. The number of amides is 1. The lowest BCUT2D eigenvalue weighted by Crippen LogP contribution is -2.29. The first-order valence-corrected chi connectivity index (χ1v) is 6.59. The highest BCUT2D eigenvalue weighted by Gasteiger charge is 2.27. The van der Waals surface area contributed by atoms with Crippen molar-refractivity contribution in [2.45, 2.75) is 6.42 Å². The zero-order valence-electron chi connectivity index (χ0n) is 10.6. The molecule has 0 bridgehead atoms. The molecule has 0 spiro atoms. The van der Waals surface area contributed by atoms with Crippen LogP contribution in [0.5, 0.6) is 0 Å². The van der Waals surface area contributed by atoms with E-state index in [4.69, 9.17) is 17.3 Å². The zero-order chi connectivity index (χ0) is 14.3. The second kappa shape index (κ2) is 4.80. The third kappa shape index (κ3) is 2.12. The number of fused-ring (bicyclic) bond motifs is 1. The van der Waals surface area contributed by atoms with Crippen LogP contribution in [-0.2, 0) is 6.42 Å². The molecule has 1 heterocycles. The second-order valence-corrected chi connectivity index (χ2v) is 5.13. The summed E-state index contributed by atoms with van der Waals surface area (Å²) in [5.41, 5.74) is 8.06. The molecule has 0 saturated carbocycles. The Labute approximate surface area is 120 Å². The molecule has 0 aromatic heterocycles. The molecule has 2 aromatic rings. The van der Waals surface area contributed by atoms with Gasteiger partial charge in [-0.3, -0.25) is 4.79 Å². The SMILES string of the molecule is Nc1ccc(Cl)c(C(=O)N2CCc3ccc(F)cc32)c1. The van der Waals surface area contributed by atoms with Crippen LogP contribution in [-0.4, -0.2) is 12.5 Å². The summed E-state index contributed by atoms with van der Waals surface area (Å²) in [5.74, 6) is -0.617. The first kappa shape index (κ1) is 12.9. The van der Waals surface area contributed by atoms with Gasteiger partial charge in [-0.1, -0.05) is 17.7 Å². The Morgan fingerprint density at radius 1 is 1.25 bits per heavy atom. The van der Waals surface area contributed by atoms with Gasteiger partial charge in [-0.05, 0) is 42.3 Å². The van der Waals surface area contributed by atoms with Crippen molar-refractivity contribution in [3.63, 3.8) is 0 Å². The summed E-state index contributed by atoms with van der Waals surface area (Å²) in [7, 11) is 0. The first-order valence-electron chi connectivity index (χ1n) is 6.21. The van der Waals surface area contributed by atoms with Gasteiger partial charge in [0.15, 0.2) is 0 Å². The Morgan fingerprint density at radius 2 is 2.05 bits per heavy atom. The minimum atomic E-state index is -0.359. The minimum Gasteiger partial charge on any atom is -0.399 e. The summed E-state index contributed by atoms with van der Waals surface area (Å²) in [6, 6.07) is 9.25. The zero-order valence-corrected chi connectivity index (χ0v) is 11.3. The van der Waals surface area contributed by atoms with Crippen molar-refractivity contribution >= 4 is 28.9 Å². The molecule has 2 aromatic carbocycles. The van der Waals surface area contributed by atoms with Crippen LogP contribution in [0.2, 0.25) is 5.02 Å². The average Bonchev–Trinajstić information content (AvgIpc) is 2.83. The van der Waals surface area contributed by atoms with E-state index in [0.717, 1.165) is 5.56 Å². The molecule has 20 heavy (non-hydrogen) atoms. The van der Waals surface area contributed by atoms with Crippen molar-refractivity contribution < 1.29 is 9.18 Å². The minimum absolute atomic E-state index is 0.258. The smallest absolute Gasteiger partial charge is 0.259 e. The lowest BCUT2D eigenvalue weighted by Gasteiger charge is -2.18. The number of nitrogens with two attached hydrogens (primary N) is 1. The molecular formula is C15H12ClFN2O. The number of carbonyl (C=O) groups excluding carboxylic acids is 1. The normalized spacial score (nSPS) is 13.4. The van der Waals surface area contributed by atoms with Gasteiger partial charge < -0.3 is 10.6 Å². The van der Waals surface area contributed by atoms with Gasteiger partial charge in [0.1, 0.15) is 5.82 Å². The van der Waals surface area contributed by atoms with Crippen LogP contribution < -0.4 is 10.6 Å². The quantitative estimate of drug-likeness (QED) is 0.819. The molecule has 5 heteroatoms. The van der Waals surface area contributed by atoms with E-state index in [9.17, 15) is 9.18 Å². The topological polar surface area (TPSA) is 46.3 Å². The number of rotatable bonds is 1. The van der Waals surface area contributed by atoms with Crippen molar-refractivity contribution in [3.8, 4) is 0 Å². The molecule has 1 aliphatic heterocycles. The molecule has 1 amide bonds. The predicted octanol–water partition coefficient (Wildman–Crippen LogP) is 3.26. The van der Waals surface area contributed by atoms with Crippen LogP contribution >= 0.6 is 11.6 Å². The van der Waals surface area contributed by atoms with E-state index in [2.05, 4.69) is 0 Å². The van der Waals surface area contributed by atoms with Gasteiger partial charge in [-0.15, -0.1) is 0 Å². The highest BCUT2D eigenvalue weighted by atomic mass is 35.5. The second-order valence-electron chi connectivity index (χ2n) is 4.72. The van der Waals surface area contributed by atoms with Crippen molar-refractivity contribution in [1.29, 1.82) is 0 Å². The molecule has 0 saturated heterocycles. The Balaban J connectivity index is 2.01. The van der Waals surface area contributed by atoms with E-state index in [1.165, 1.54) is 12.1 Å². The number of carbonyl (C=O) groups is 1. The summed E-state index contributed by atoms with van der Waals surface area (Å²) in [6.07, 6.45) is 0.710. The lowest BCUT2D eigenvalue weighted by atomic mass is 10.1. The fourth-order valence-corrected chi connectivity index (χ4v) is 2.61. The number of benzene rings is 2. The van der Waals surface area contributed by atoms with Crippen LogP contribution in [0, 0.1) is 5.82 Å². The van der Waals surface area contributed by atoms with Gasteiger partial charge in [-0.2, -0.15) is 0 Å². The van der Waals surface area contributed by atoms with E-state index in [-0.39, 0.29) is 11.7 Å². The molecule has 3 nitrogen and oxygen atoms in total. The third-order valence-electron chi connectivity index (χ3n) is 3.41. The Morgan fingerprint density at radius 3 is 2.85 bits per heavy atom. The van der Waals surface area contributed by atoms with E-state index in [0.29, 0.717) is 34.9 Å². The molecule has 0 unspecified atom stereocenters. The summed E-state index contributed by atoms with van der Waals surface area (Å²) < 4.78 is 13.4. The van der Waals surface area contributed by atoms with E-state index in [1.807, 2.05) is 0 Å². The van der Waals surface area contributed by atoms with E-state index < -0.39 is 0 Å². The number of hydrogen-bond donors (Lipinski definition) is 1. The molecule has 3 rings (SSSR count). The van der Waals surface area contributed by atoms with Crippen LogP contribution in [0.3, 0.4) is 0 Å². The number of nitrogen functional groups attached to an aromatic ring is 1. The molecule has 102 valence electrons. The fourth-order valence-electron chi connectivity index (χ4n) is 2.42. The van der Waals surface area contributed by atoms with Crippen molar-refractivity contribution in [2.75, 3.05) is 17.2 Å². The maximum atomic E-state index is 13.4. The highest BCUT2D eigenvalue weighted by molar-refractivity contribution is 6.34. The Kier molecular flexibility index (Phi) is 3.10. The number of hydrogen-bond acceptors (Lipinski definition) is 2. The molecule has 0 atom stereocenters. The van der Waals surface area contributed by atoms with Gasteiger partial charge in [0.25, 0.3) is 5.91 Å². The van der Waals surface area contributed by atoms with Gasteiger partial charge >= 0.3 is 0 Å². The van der Waals surface area contributed by atoms with E-state index in [1.54, 1.807) is 29.2 Å². The van der Waals surface area contributed by atoms with Crippen molar-refractivity contribution in [3.05, 3.63) is 58.4 Å². The predicted molar refractivity (Wildman–Crippen MR) is 77.6 cm³/mol. The molecule has 0 aliphatic carbocycles. The molecule has 1 aliphatic rings. The number of halogens is 2. The fraction of sp³-hybridized carbons (Fsp3) is 0.133. The number of anilines is 2.